The average molecular weight is 346 g/mol. The monoisotopic (exact) mass is 346 g/mol. The zero-order valence-electron chi connectivity index (χ0n) is 14.6. The van der Waals surface area contributed by atoms with E-state index in [0.717, 1.165) is 31.7 Å². The second-order valence-electron chi connectivity index (χ2n) is 7.38. The molecule has 0 radical (unpaired) electrons. The molecule has 1 aliphatic carbocycles. The number of aliphatic carboxylic acids is 1. The molecule has 0 spiro atoms. The third-order valence-corrected chi connectivity index (χ3v) is 5.64. The lowest BCUT2D eigenvalue weighted by Gasteiger charge is -2.38. The number of piperidine rings is 1. The number of hydrogen-bond donors (Lipinski definition) is 2. The van der Waals surface area contributed by atoms with Gasteiger partial charge in [0.05, 0.1) is 6.20 Å². The second kappa shape index (κ2) is 7.37. The number of carbonyl (C=O) groups is 2. The Hall–Kier alpha value is -2.18. The van der Waals surface area contributed by atoms with Crippen LogP contribution in [0.2, 0.25) is 0 Å². The summed E-state index contributed by atoms with van der Waals surface area (Å²) < 4.78 is 0. The maximum absolute atomic E-state index is 12.7. The van der Waals surface area contributed by atoms with Crippen LogP contribution in [0, 0.1) is 11.8 Å². The van der Waals surface area contributed by atoms with E-state index in [1.807, 2.05) is 0 Å². The second-order valence-corrected chi connectivity index (χ2v) is 7.38. The predicted octanol–water partition coefficient (Wildman–Crippen LogP) is 1.84. The topological polar surface area (TPSA) is 95.4 Å². The molecule has 1 amide bonds. The van der Waals surface area contributed by atoms with Crippen molar-refractivity contribution in [2.75, 3.05) is 18.0 Å². The fourth-order valence-corrected chi connectivity index (χ4v) is 3.81. The van der Waals surface area contributed by atoms with E-state index in [9.17, 15) is 14.7 Å². The van der Waals surface area contributed by atoms with Gasteiger partial charge in [-0.15, -0.1) is 0 Å². The molecule has 2 heterocycles. The van der Waals surface area contributed by atoms with Crippen LogP contribution in [0.25, 0.3) is 0 Å². The van der Waals surface area contributed by atoms with Crippen LogP contribution in [0.4, 0.5) is 5.82 Å². The number of aromatic nitrogens is 2. The Kier molecular flexibility index (Phi) is 5.20. The lowest BCUT2D eigenvalue weighted by molar-refractivity contribution is -0.150. The number of hydrogen-bond acceptors (Lipinski definition) is 5. The minimum atomic E-state index is -1.08. The van der Waals surface area contributed by atoms with Gasteiger partial charge in [-0.05, 0) is 44.4 Å². The van der Waals surface area contributed by atoms with Gasteiger partial charge in [0.1, 0.15) is 11.4 Å². The normalized spacial score (nSPS) is 27.7. The third kappa shape index (κ3) is 3.91. The highest BCUT2D eigenvalue weighted by Gasteiger charge is 2.43. The molecule has 1 aromatic heterocycles. The van der Waals surface area contributed by atoms with Gasteiger partial charge >= 0.3 is 5.97 Å². The van der Waals surface area contributed by atoms with Gasteiger partial charge in [-0.25, -0.2) is 9.78 Å². The number of nitrogens with zero attached hydrogens (tertiary/aromatic N) is 3. The molecule has 7 nitrogen and oxygen atoms in total. The Morgan fingerprint density at radius 2 is 1.88 bits per heavy atom. The first kappa shape index (κ1) is 17.6. The van der Waals surface area contributed by atoms with Crippen LogP contribution >= 0.6 is 0 Å². The van der Waals surface area contributed by atoms with E-state index in [4.69, 9.17) is 0 Å². The Morgan fingerprint density at radius 3 is 2.44 bits per heavy atom. The molecule has 0 bridgehead atoms. The van der Waals surface area contributed by atoms with Crippen LogP contribution in [0.5, 0.6) is 0 Å². The fraction of sp³-hybridized carbons (Fsp3) is 0.667. The highest BCUT2D eigenvalue weighted by atomic mass is 16.4. The van der Waals surface area contributed by atoms with E-state index in [1.165, 1.54) is 0 Å². The fourth-order valence-electron chi connectivity index (χ4n) is 3.81. The highest BCUT2D eigenvalue weighted by Crippen LogP contribution is 2.33. The molecule has 1 aromatic rings. The molecule has 2 fully saturated rings. The summed E-state index contributed by atoms with van der Waals surface area (Å²) in [7, 11) is 0. The van der Waals surface area contributed by atoms with Crippen molar-refractivity contribution < 1.29 is 14.7 Å². The molecular weight excluding hydrogens is 320 g/mol. The number of carboxylic acids is 1. The van der Waals surface area contributed by atoms with Crippen LogP contribution in [-0.4, -0.2) is 45.6 Å². The summed E-state index contributed by atoms with van der Waals surface area (Å²) in [5, 5.41) is 12.6. The van der Waals surface area contributed by atoms with Crippen molar-refractivity contribution in [3.8, 4) is 0 Å². The van der Waals surface area contributed by atoms with E-state index >= 15 is 0 Å². The lowest BCUT2D eigenvalue weighted by atomic mass is 9.76. The molecular formula is C18H26N4O3. The van der Waals surface area contributed by atoms with E-state index in [-0.39, 0.29) is 11.8 Å². The minimum Gasteiger partial charge on any atom is -0.480 e. The predicted molar refractivity (Wildman–Crippen MR) is 93.1 cm³/mol. The number of amides is 1. The first-order chi connectivity index (χ1) is 12.0. The summed E-state index contributed by atoms with van der Waals surface area (Å²) in [4.78, 5) is 35.0. The highest BCUT2D eigenvalue weighted by molar-refractivity contribution is 5.88. The molecule has 0 aromatic carbocycles. The standard InChI is InChI=1S/C18H26N4O3/c1-13-2-6-18(7-3-13,17(24)25)21-16(23)14-4-10-22(11-5-14)15-12-19-8-9-20-15/h8-9,12-14H,2-7,10-11H2,1H3,(H,21,23)(H,24,25). The summed E-state index contributed by atoms with van der Waals surface area (Å²) in [6.07, 6.45) is 9.16. The largest absolute Gasteiger partial charge is 0.480 e. The van der Waals surface area contributed by atoms with Gasteiger partial charge in [-0.1, -0.05) is 6.92 Å². The molecule has 7 heteroatoms. The molecule has 1 saturated carbocycles. The van der Waals surface area contributed by atoms with Gasteiger partial charge in [-0.3, -0.25) is 9.78 Å². The van der Waals surface area contributed by atoms with Crippen LogP contribution < -0.4 is 10.2 Å². The Bertz CT molecular complexity index is 606. The molecule has 1 saturated heterocycles. The molecule has 3 rings (SSSR count). The van der Waals surface area contributed by atoms with Crippen molar-refractivity contribution in [1.29, 1.82) is 0 Å². The van der Waals surface area contributed by atoms with Crippen molar-refractivity contribution in [3.63, 3.8) is 0 Å². The Labute approximate surface area is 147 Å². The van der Waals surface area contributed by atoms with E-state index in [0.29, 0.717) is 31.6 Å². The van der Waals surface area contributed by atoms with Crippen molar-refractivity contribution in [2.24, 2.45) is 11.8 Å². The number of carboxylic acid groups (broad SMARTS) is 1. The smallest absolute Gasteiger partial charge is 0.329 e. The molecule has 136 valence electrons. The van der Waals surface area contributed by atoms with Crippen molar-refractivity contribution in [1.82, 2.24) is 15.3 Å². The Balaban J connectivity index is 1.58. The molecule has 2 N–H and O–H groups in total. The van der Waals surface area contributed by atoms with Gasteiger partial charge in [0, 0.05) is 31.4 Å². The van der Waals surface area contributed by atoms with Crippen LogP contribution in [0.3, 0.4) is 0 Å². The maximum atomic E-state index is 12.7. The van der Waals surface area contributed by atoms with Gasteiger partial charge in [0.2, 0.25) is 5.91 Å². The summed E-state index contributed by atoms with van der Waals surface area (Å²) in [6.45, 7) is 3.59. The average Bonchev–Trinajstić information content (AvgIpc) is 2.64. The van der Waals surface area contributed by atoms with E-state index < -0.39 is 11.5 Å². The summed E-state index contributed by atoms with van der Waals surface area (Å²) in [5.74, 6) is 0.202. The maximum Gasteiger partial charge on any atom is 0.329 e. The zero-order chi connectivity index (χ0) is 17.9. The van der Waals surface area contributed by atoms with Gasteiger partial charge in [0.15, 0.2) is 0 Å². The van der Waals surface area contributed by atoms with Gasteiger partial charge in [0.25, 0.3) is 0 Å². The number of rotatable bonds is 4. The molecule has 1 aliphatic heterocycles. The van der Waals surface area contributed by atoms with Crippen LogP contribution in [-0.2, 0) is 9.59 Å². The van der Waals surface area contributed by atoms with Crippen LogP contribution in [0.1, 0.15) is 45.4 Å². The lowest BCUT2D eigenvalue weighted by Crippen LogP contribution is -2.58. The summed E-state index contributed by atoms with van der Waals surface area (Å²) in [5.41, 5.74) is -1.08. The minimum absolute atomic E-state index is 0.115. The van der Waals surface area contributed by atoms with E-state index in [1.54, 1.807) is 18.6 Å². The number of nitrogens with one attached hydrogen (secondary N) is 1. The number of anilines is 1. The SMILES string of the molecule is CC1CCC(NC(=O)C2CCN(c3cnccn3)CC2)(C(=O)O)CC1. The quantitative estimate of drug-likeness (QED) is 0.864. The molecule has 25 heavy (non-hydrogen) atoms. The zero-order valence-corrected chi connectivity index (χ0v) is 14.6. The Morgan fingerprint density at radius 1 is 1.20 bits per heavy atom. The van der Waals surface area contributed by atoms with Crippen molar-refractivity contribution in [3.05, 3.63) is 18.6 Å². The van der Waals surface area contributed by atoms with Crippen molar-refractivity contribution in [2.45, 2.75) is 51.0 Å². The van der Waals surface area contributed by atoms with Gasteiger partial charge < -0.3 is 15.3 Å². The van der Waals surface area contributed by atoms with E-state index in [2.05, 4.69) is 27.1 Å². The third-order valence-electron chi connectivity index (χ3n) is 5.64. The van der Waals surface area contributed by atoms with Crippen LogP contribution in [0.15, 0.2) is 18.6 Å². The first-order valence-electron chi connectivity index (χ1n) is 9.06. The van der Waals surface area contributed by atoms with Gasteiger partial charge in [-0.2, -0.15) is 0 Å². The first-order valence-corrected chi connectivity index (χ1v) is 9.06. The summed E-state index contributed by atoms with van der Waals surface area (Å²) in [6, 6.07) is 0. The molecule has 0 unspecified atom stereocenters. The van der Waals surface area contributed by atoms with Crippen molar-refractivity contribution >= 4 is 17.7 Å². The number of carbonyl (C=O) groups excluding carboxylic acids is 1. The summed E-state index contributed by atoms with van der Waals surface area (Å²) >= 11 is 0. The molecule has 2 aliphatic rings. The molecule has 0 atom stereocenters.